The van der Waals surface area contributed by atoms with Crippen molar-refractivity contribution >= 4 is 0 Å². The molecule has 0 aromatic heterocycles. The molecule has 0 atom stereocenters. The Hall–Kier alpha value is -0.0400. The summed E-state index contributed by atoms with van der Waals surface area (Å²) in [4.78, 5) is 0. The monoisotopic (exact) mass is 395 g/mol. The number of unbranched alkanes of at least 4 members (excludes halogenated alkanes) is 19. The molecule has 0 heterocycles. The van der Waals surface area contributed by atoms with Gasteiger partial charge in [-0.1, -0.05) is 149 Å². The minimum Gasteiger partial charge on any atom is -0.325 e. The van der Waals surface area contributed by atoms with Gasteiger partial charge in [-0.2, -0.15) is 0 Å². The lowest BCUT2D eigenvalue weighted by Crippen LogP contribution is -2.38. The van der Waals surface area contributed by atoms with Crippen LogP contribution in [0.5, 0.6) is 0 Å². The van der Waals surface area contributed by atoms with Crippen molar-refractivity contribution in [1.29, 1.82) is 0 Å². The Morgan fingerprint density at radius 3 is 0.893 bits per heavy atom. The highest BCUT2D eigenvalue weighted by Gasteiger charge is 2.18. The summed E-state index contributed by atoms with van der Waals surface area (Å²) in [5.41, 5.74) is 6.50. The second kappa shape index (κ2) is 21.7. The summed E-state index contributed by atoms with van der Waals surface area (Å²) in [6, 6.07) is 0. The van der Waals surface area contributed by atoms with Crippen LogP contribution in [-0.4, -0.2) is 5.54 Å². The number of nitrogens with two attached hydrogens (primary N) is 1. The second-order valence-corrected chi connectivity index (χ2v) is 9.54. The Bertz CT molecular complexity index is 282. The number of rotatable bonds is 23. The van der Waals surface area contributed by atoms with Crippen LogP contribution in [0.25, 0.3) is 0 Å². The normalized spacial score (nSPS) is 12.0. The molecule has 1 nitrogen and oxygen atoms in total. The van der Waals surface area contributed by atoms with Crippen LogP contribution in [0.4, 0.5) is 0 Å². The van der Waals surface area contributed by atoms with Gasteiger partial charge >= 0.3 is 0 Å². The molecule has 0 aliphatic heterocycles. The molecule has 0 aromatic carbocycles. The van der Waals surface area contributed by atoms with Crippen molar-refractivity contribution in [3.05, 3.63) is 0 Å². The van der Waals surface area contributed by atoms with Crippen LogP contribution in [-0.2, 0) is 0 Å². The number of hydrogen-bond acceptors (Lipinski definition) is 1. The van der Waals surface area contributed by atoms with E-state index in [2.05, 4.69) is 20.8 Å². The van der Waals surface area contributed by atoms with Crippen molar-refractivity contribution in [1.82, 2.24) is 0 Å². The van der Waals surface area contributed by atoms with Crippen LogP contribution in [0.15, 0.2) is 0 Å². The quantitative estimate of drug-likeness (QED) is 0.171. The van der Waals surface area contributed by atoms with Gasteiger partial charge in [-0.3, -0.25) is 0 Å². The van der Waals surface area contributed by atoms with E-state index in [0.717, 1.165) is 12.8 Å². The van der Waals surface area contributed by atoms with Crippen LogP contribution in [0, 0.1) is 0 Å². The average Bonchev–Trinajstić information content (AvgIpc) is 2.72. The zero-order valence-electron chi connectivity index (χ0n) is 20.3. The van der Waals surface area contributed by atoms with Crippen molar-refractivity contribution in [2.45, 2.75) is 174 Å². The van der Waals surface area contributed by atoms with Gasteiger partial charge in [0, 0.05) is 5.54 Å². The first kappa shape index (κ1) is 28.0. The third-order valence-electron chi connectivity index (χ3n) is 6.94. The van der Waals surface area contributed by atoms with Gasteiger partial charge in [0.05, 0.1) is 0 Å². The Balaban J connectivity index is 3.11. The maximum atomic E-state index is 6.38. The van der Waals surface area contributed by atoms with E-state index in [1.165, 1.54) is 135 Å². The summed E-state index contributed by atoms with van der Waals surface area (Å²) >= 11 is 0. The van der Waals surface area contributed by atoms with Gasteiger partial charge < -0.3 is 5.73 Å². The predicted molar refractivity (Wildman–Crippen MR) is 130 cm³/mol. The Kier molecular flexibility index (Phi) is 21.6. The molecule has 0 radical (unpaired) electrons. The van der Waals surface area contributed by atoms with E-state index < -0.39 is 0 Å². The molecule has 0 unspecified atom stereocenters. The molecule has 0 amide bonds. The highest BCUT2D eigenvalue weighted by atomic mass is 14.7. The molecule has 0 aliphatic rings. The molecule has 0 saturated carbocycles. The molecule has 0 aromatic rings. The molecular weight excluding hydrogens is 338 g/mol. The molecule has 28 heavy (non-hydrogen) atoms. The van der Waals surface area contributed by atoms with Crippen molar-refractivity contribution in [3.8, 4) is 0 Å². The summed E-state index contributed by atoms with van der Waals surface area (Å²) in [6.07, 6.45) is 32.5. The minimum atomic E-state index is 0.119. The van der Waals surface area contributed by atoms with Gasteiger partial charge in [0.25, 0.3) is 0 Å². The van der Waals surface area contributed by atoms with Crippen molar-refractivity contribution in [2.75, 3.05) is 0 Å². The van der Waals surface area contributed by atoms with E-state index in [4.69, 9.17) is 5.73 Å². The molecule has 170 valence electrons. The lowest BCUT2D eigenvalue weighted by atomic mass is 9.88. The molecule has 0 saturated heterocycles. The summed E-state index contributed by atoms with van der Waals surface area (Å²) in [5, 5.41) is 0. The summed E-state index contributed by atoms with van der Waals surface area (Å²) in [5.74, 6) is 0. The SMILES string of the molecule is CCCCCCCCCCCCCCCCCCCCCCC(N)(CC)CC. The van der Waals surface area contributed by atoms with Crippen LogP contribution < -0.4 is 5.73 Å². The molecule has 0 aliphatic carbocycles. The van der Waals surface area contributed by atoms with E-state index in [1.807, 2.05) is 0 Å². The van der Waals surface area contributed by atoms with Crippen molar-refractivity contribution < 1.29 is 0 Å². The largest absolute Gasteiger partial charge is 0.325 e. The third-order valence-corrected chi connectivity index (χ3v) is 6.94. The lowest BCUT2D eigenvalue weighted by Gasteiger charge is -2.26. The first-order valence-electron chi connectivity index (χ1n) is 13.5. The van der Waals surface area contributed by atoms with Gasteiger partial charge in [0.15, 0.2) is 0 Å². The molecule has 0 rings (SSSR count). The fourth-order valence-corrected chi connectivity index (χ4v) is 4.34. The fourth-order valence-electron chi connectivity index (χ4n) is 4.34. The zero-order chi connectivity index (χ0) is 20.8. The molecular formula is C27H57N. The average molecular weight is 396 g/mol. The van der Waals surface area contributed by atoms with E-state index >= 15 is 0 Å². The first-order valence-corrected chi connectivity index (χ1v) is 13.5. The van der Waals surface area contributed by atoms with Gasteiger partial charge in [0.2, 0.25) is 0 Å². The summed E-state index contributed by atoms with van der Waals surface area (Å²) in [6.45, 7) is 6.77. The molecule has 1 heteroatoms. The Morgan fingerprint density at radius 2 is 0.643 bits per heavy atom. The van der Waals surface area contributed by atoms with E-state index in [1.54, 1.807) is 0 Å². The topological polar surface area (TPSA) is 26.0 Å². The standard InChI is InChI=1S/C27H57N/c1-4-7-8-9-10-11-12-13-14-15-16-17-18-19-20-21-22-23-24-25-26-27(28,5-2)6-3/h4-26,28H2,1-3H3. The van der Waals surface area contributed by atoms with Gasteiger partial charge in [0.1, 0.15) is 0 Å². The minimum absolute atomic E-state index is 0.119. The van der Waals surface area contributed by atoms with Crippen LogP contribution in [0.1, 0.15) is 168 Å². The van der Waals surface area contributed by atoms with Gasteiger partial charge in [-0.25, -0.2) is 0 Å². The maximum Gasteiger partial charge on any atom is 0.0149 e. The fraction of sp³-hybridized carbons (Fsp3) is 1.00. The summed E-state index contributed by atoms with van der Waals surface area (Å²) < 4.78 is 0. The highest BCUT2D eigenvalue weighted by Crippen LogP contribution is 2.20. The van der Waals surface area contributed by atoms with Crippen LogP contribution in [0.2, 0.25) is 0 Å². The first-order chi connectivity index (χ1) is 13.7. The van der Waals surface area contributed by atoms with Crippen LogP contribution in [0.3, 0.4) is 0 Å². The zero-order valence-corrected chi connectivity index (χ0v) is 20.3. The Labute approximate surface area is 180 Å². The second-order valence-electron chi connectivity index (χ2n) is 9.54. The van der Waals surface area contributed by atoms with Gasteiger partial charge in [-0.15, -0.1) is 0 Å². The smallest absolute Gasteiger partial charge is 0.0149 e. The predicted octanol–water partition coefficient (Wildman–Crippen LogP) is 9.72. The van der Waals surface area contributed by atoms with E-state index in [0.29, 0.717) is 0 Å². The molecule has 0 spiro atoms. The van der Waals surface area contributed by atoms with Crippen molar-refractivity contribution in [3.63, 3.8) is 0 Å². The molecule has 2 N–H and O–H groups in total. The van der Waals surface area contributed by atoms with E-state index in [-0.39, 0.29) is 5.54 Å². The van der Waals surface area contributed by atoms with E-state index in [9.17, 15) is 0 Å². The van der Waals surface area contributed by atoms with Crippen LogP contribution >= 0.6 is 0 Å². The molecule has 0 fully saturated rings. The third kappa shape index (κ3) is 19.3. The molecule has 0 bridgehead atoms. The number of hydrogen-bond donors (Lipinski definition) is 1. The Morgan fingerprint density at radius 1 is 0.393 bits per heavy atom. The van der Waals surface area contributed by atoms with Crippen molar-refractivity contribution in [2.24, 2.45) is 5.73 Å². The maximum absolute atomic E-state index is 6.38. The van der Waals surface area contributed by atoms with Gasteiger partial charge in [-0.05, 0) is 19.3 Å². The summed E-state index contributed by atoms with van der Waals surface area (Å²) in [7, 11) is 0. The highest BCUT2D eigenvalue weighted by molar-refractivity contribution is 4.80. The lowest BCUT2D eigenvalue weighted by molar-refractivity contribution is 0.350.